The van der Waals surface area contributed by atoms with Gasteiger partial charge in [0.05, 0.1) is 12.1 Å². The third kappa shape index (κ3) is 3.10. The highest BCUT2D eigenvalue weighted by molar-refractivity contribution is 5.87. The first-order valence-corrected chi connectivity index (χ1v) is 6.11. The molecule has 0 unspecified atom stereocenters. The molecule has 1 aromatic heterocycles. The van der Waals surface area contributed by atoms with Crippen LogP contribution in [-0.2, 0) is 13.0 Å². The van der Waals surface area contributed by atoms with Crippen molar-refractivity contribution < 1.29 is 9.90 Å². The molecule has 4 nitrogen and oxygen atoms in total. The van der Waals surface area contributed by atoms with Gasteiger partial charge in [-0.05, 0) is 23.6 Å². The Morgan fingerprint density at radius 3 is 2.32 bits per heavy atom. The van der Waals surface area contributed by atoms with Crippen LogP contribution >= 0.6 is 0 Å². The number of hydrogen-bond acceptors (Lipinski definition) is 2. The minimum absolute atomic E-state index is 0.0163. The quantitative estimate of drug-likeness (QED) is 0.913. The summed E-state index contributed by atoms with van der Waals surface area (Å²) in [5.74, 6) is -1.09. The molecule has 1 aromatic carbocycles. The van der Waals surface area contributed by atoms with E-state index in [1.807, 2.05) is 24.3 Å². The van der Waals surface area contributed by atoms with E-state index in [4.69, 9.17) is 5.11 Å². The maximum absolute atomic E-state index is 11.8. The Morgan fingerprint density at radius 2 is 1.79 bits per heavy atom. The Hall–Kier alpha value is -2.36. The molecule has 0 saturated heterocycles. The van der Waals surface area contributed by atoms with Crippen LogP contribution in [0.2, 0.25) is 0 Å². The first-order valence-electron chi connectivity index (χ1n) is 6.11. The largest absolute Gasteiger partial charge is 0.478 e. The SMILES string of the molecule is CCc1ccc(Cn2ccc(C(=O)O)cc2=O)cc1. The highest BCUT2D eigenvalue weighted by Crippen LogP contribution is 2.06. The summed E-state index contributed by atoms with van der Waals surface area (Å²) in [5, 5.41) is 8.80. The molecule has 1 heterocycles. The van der Waals surface area contributed by atoms with E-state index >= 15 is 0 Å². The van der Waals surface area contributed by atoms with E-state index in [1.165, 1.54) is 22.4 Å². The second-order valence-corrected chi connectivity index (χ2v) is 4.36. The molecule has 98 valence electrons. The Bertz CT molecular complexity index is 641. The Morgan fingerprint density at radius 1 is 1.16 bits per heavy atom. The number of carboxylic acid groups (broad SMARTS) is 1. The second-order valence-electron chi connectivity index (χ2n) is 4.36. The molecule has 0 fully saturated rings. The summed E-state index contributed by atoms with van der Waals surface area (Å²) in [6, 6.07) is 10.6. The van der Waals surface area contributed by atoms with Gasteiger partial charge >= 0.3 is 5.97 Å². The standard InChI is InChI=1S/C15H15NO3/c1-2-11-3-5-12(6-4-11)10-16-8-7-13(15(18)19)9-14(16)17/h3-9H,2,10H2,1H3,(H,18,19). The molecule has 0 amide bonds. The van der Waals surface area contributed by atoms with E-state index in [2.05, 4.69) is 6.92 Å². The lowest BCUT2D eigenvalue weighted by molar-refractivity contribution is 0.0696. The van der Waals surface area contributed by atoms with Crippen LogP contribution in [0.15, 0.2) is 47.4 Å². The zero-order valence-electron chi connectivity index (χ0n) is 10.7. The van der Waals surface area contributed by atoms with E-state index in [9.17, 15) is 9.59 Å². The number of aromatic nitrogens is 1. The normalized spacial score (nSPS) is 10.4. The van der Waals surface area contributed by atoms with Gasteiger partial charge in [-0.1, -0.05) is 31.2 Å². The molecule has 19 heavy (non-hydrogen) atoms. The molecule has 1 N–H and O–H groups in total. The minimum atomic E-state index is -1.09. The van der Waals surface area contributed by atoms with Crippen molar-refractivity contribution in [3.05, 3.63) is 69.6 Å². The van der Waals surface area contributed by atoms with Crippen molar-refractivity contribution in [2.24, 2.45) is 0 Å². The number of pyridine rings is 1. The average Bonchev–Trinajstić information content (AvgIpc) is 2.41. The molecule has 0 saturated carbocycles. The molecule has 4 heteroatoms. The number of aromatic carboxylic acids is 1. The van der Waals surface area contributed by atoms with Crippen molar-refractivity contribution in [2.75, 3.05) is 0 Å². The third-order valence-corrected chi connectivity index (χ3v) is 3.03. The number of benzene rings is 1. The van der Waals surface area contributed by atoms with Crippen LogP contribution in [0.5, 0.6) is 0 Å². The summed E-state index contributed by atoms with van der Waals surface area (Å²) in [5.41, 5.74) is 1.97. The number of nitrogens with zero attached hydrogens (tertiary/aromatic N) is 1. The van der Waals surface area contributed by atoms with Crippen LogP contribution < -0.4 is 5.56 Å². The lowest BCUT2D eigenvalue weighted by atomic mass is 10.1. The lowest BCUT2D eigenvalue weighted by Gasteiger charge is -2.06. The van der Waals surface area contributed by atoms with Crippen LogP contribution in [0.3, 0.4) is 0 Å². The first-order chi connectivity index (χ1) is 9.10. The average molecular weight is 257 g/mol. The van der Waals surface area contributed by atoms with Crippen LogP contribution in [0.25, 0.3) is 0 Å². The summed E-state index contributed by atoms with van der Waals surface area (Å²) in [6.07, 6.45) is 2.49. The van der Waals surface area contributed by atoms with Crippen molar-refractivity contribution in [3.8, 4) is 0 Å². The molecule has 0 spiro atoms. The first kappa shape index (κ1) is 13.1. The molecular formula is C15H15NO3. The Kier molecular flexibility index (Phi) is 3.80. The van der Waals surface area contributed by atoms with Crippen molar-refractivity contribution in [2.45, 2.75) is 19.9 Å². The molecule has 2 rings (SSSR count). The van der Waals surface area contributed by atoms with Gasteiger partial charge in [-0.3, -0.25) is 4.79 Å². The van der Waals surface area contributed by atoms with Gasteiger partial charge in [-0.2, -0.15) is 0 Å². The molecule has 0 aliphatic heterocycles. The van der Waals surface area contributed by atoms with Gasteiger partial charge in [0.25, 0.3) is 5.56 Å². The monoisotopic (exact) mass is 257 g/mol. The fourth-order valence-electron chi connectivity index (χ4n) is 1.85. The predicted molar refractivity (Wildman–Crippen MR) is 72.6 cm³/mol. The summed E-state index contributed by atoms with van der Waals surface area (Å²) < 4.78 is 1.49. The molecule has 0 aliphatic rings. The molecule has 0 aliphatic carbocycles. The fraction of sp³-hybridized carbons (Fsp3) is 0.200. The molecule has 2 aromatic rings. The van der Waals surface area contributed by atoms with Crippen LogP contribution in [0.4, 0.5) is 0 Å². The van der Waals surface area contributed by atoms with Gasteiger partial charge < -0.3 is 9.67 Å². The summed E-state index contributed by atoms with van der Waals surface area (Å²) in [4.78, 5) is 22.5. The second kappa shape index (κ2) is 5.52. The van der Waals surface area contributed by atoms with E-state index in [1.54, 1.807) is 0 Å². The number of carboxylic acids is 1. The van der Waals surface area contributed by atoms with Crippen molar-refractivity contribution in [1.82, 2.24) is 4.57 Å². The summed E-state index contributed by atoms with van der Waals surface area (Å²) >= 11 is 0. The van der Waals surface area contributed by atoms with Crippen LogP contribution in [0, 0.1) is 0 Å². The topological polar surface area (TPSA) is 59.3 Å². The number of aryl methyl sites for hydroxylation is 1. The van der Waals surface area contributed by atoms with Crippen LogP contribution in [0.1, 0.15) is 28.4 Å². The van der Waals surface area contributed by atoms with Crippen molar-refractivity contribution in [3.63, 3.8) is 0 Å². The molecule has 0 radical (unpaired) electrons. The smallest absolute Gasteiger partial charge is 0.335 e. The van der Waals surface area contributed by atoms with E-state index in [-0.39, 0.29) is 11.1 Å². The van der Waals surface area contributed by atoms with Crippen molar-refractivity contribution >= 4 is 5.97 Å². The molecular weight excluding hydrogens is 242 g/mol. The highest BCUT2D eigenvalue weighted by atomic mass is 16.4. The van der Waals surface area contributed by atoms with E-state index in [0.29, 0.717) is 6.54 Å². The summed E-state index contributed by atoms with van der Waals surface area (Å²) in [7, 11) is 0. The number of hydrogen-bond donors (Lipinski definition) is 1. The van der Waals surface area contributed by atoms with Gasteiger partial charge in [0.15, 0.2) is 0 Å². The Balaban J connectivity index is 2.23. The molecule has 0 bridgehead atoms. The van der Waals surface area contributed by atoms with Gasteiger partial charge in [-0.25, -0.2) is 4.79 Å². The van der Waals surface area contributed by atoms with Crippen molar-refractivity contribution in [1.29, 1.82) is 0 Å². The van der Waals surface area contributed by atoms with Gasteiger partial charge in [0, 0.05) is 12.3 Å². The fourth-order valence-corrected chi connectivity index (χ4v) is 1.85. The van der Waals surface area contributed by atoms with Crippen LogP contribution in [-0.4, -0.2) is 15.6 Å². The maximum Gasteiger partial charge on any atom is 0.335 e. The maximum atomic E-state index is 11.8. The van der Waals surface area contributed by atoms with Gasteiger partial charge in [0.1, 0.15) is 0 Å². The zero-order valence-corrected chi connectivity index (χ0v) is 10.7. The van der Waals surface area contributed by atoms with Gasteiger partial charge in [-0.15, -0.1) is 0 Å². The summed E-state index contributed by atoms with van der Waals surface area (Å²) in [6.45, 7) is 2.53. The zero-order chi connectivity index (χ0) is 13.8. The predicted octanol–water partition coefficient (Wildman–Crippen LogP) is 2.16. The van der Waals surface area contributed by atoms with E-state index in [0.717, 1.165) is 18.1 Å². The van der Waals surface area contributed by atoms with E-state index < -0.39 is 5.97 Å². The van der Waals surface area contributed by atoms with Gasteiger partial charge in [0.2, 0.25) is 0 Å². The lowest BCUT2D eigenvalue weighted by Crippen LogP contribution is -2.20. The highest BCUT2D eigenvalue weighted by Gasteiger charge is 2.05. The molecule has 0 atom stereocenters. The number of carbonyl (C=O) groups is 1. The number of rotatable bonds is 4. The minimum Gasteiger partial charge on any atom is -0.478 e. The third-order valence-electron chi connectivity index (χ3n) is 3.03. The Labute approximate surface area is 110 Å².